The summed E-state index contributed by atoms with van der Waals surface area (Å²) in [6.45, 7) is 0. The summed E-state index contributed by atoms with van der Waals surface area (Å²) in [5.41, 5.74) is 3.39. The zero-order chi connectivity index (χ0) is 10.5. The second-order valence-electron chi connectivity index (χ2n) is 2.53. The van der Waals surface area contributed by atoms with Crippen LogP contribution in [0.1, 0.15) is 5.69 Å². The van der Waals surface area contributed by atoms with E-state index < -0.39 is 0 Å². The Kier molecular flexibility index (Phi) is 3.43. The number of hydrogen-bond donors (Lipinski definition) is 2. The summed E-state index contributed by atoms with van der Waals surface area (Å²) < 4.78 is 3.81. The Morgan fingerprint density at radius 3 is 3.13 bits per heavy atom. The van der Waals surface area contributed by atoms with Crippen LogP contribution in [0.2, 0.25) is 0 Å². The van der Waals surface area contributed by atoms with E-state index in [-0.39, 0.29) is 0 Å². The van der Waals surface area contributed by atoms with Gasteiger partial charge in [0.25, 0.3) is 0 Å². The highest BCUT2D eigenvalue weighted by Crippen LogP contribution is 2.24. The predicted octanol–water partition coefficient (Wildman–Crippen LogP) is 0.906. The molecule has 0 bridgehead atoms. The second-order valence-corrected chi connectivity index (χ2v) is 4.28. The Morgan fingerprint density at radius 1 is 1.47 bits per heavy atom. The molecule has 0 aliphatic rings. The van der Waals surface area contributed by atoms with Crippen molar-refractivity contribution in [3.8, 4) is 0 Å². The molecule has 0 aliphatic carbocycles. The van der Waals surface area contributed by atoms with E-state index in [1.54, 1.807) is 30.4 Å². The number of nitrogens with zero attached hydrogens (tertiary/aromatic N) is 4. The lowest BCUT2D eigenvalue weighted by molar-refractivity contribution is 1.04. The number of aromatic nitrogens is 4. The zero-order valence-electron chi connectivity index (χ0n) is 7.62. The van der Waals surface area contributed by atoms with Gasteiger partial charge in [0.2, 0.25) is 0 Å². The van der Waals surface area contributed by atoms with E-state index in [2.05, 4.69) is 25.0 Å². The molecule has 2 heterocycles. The van der Waals surface area contributed by atoms with Crippen molar-refractivity contribution in [2.24, 2.45) is 5.84 Å². The van der Waals surface area contributed by atoms with Crippen molar-refractivity contribution in [2.45, 2.75) is 10.8 Å². The minimum absolute atomic E-state index is 0.675. The fraction of sp³-hybridized carbons (Fsp3) is 0.143. The minimum Gasteiger partial charge on any atom is -0.313 e. The van der Waals surface area contributed by atoms with Gasteiger partial charge in [-0.2, -0.15) is 0 Å². The molecule has 0 atom stereocenters. The van der Waals surface area contributed by atoms with Crippen LogP contribution in [0.15, 0.2) is 23.6 Å². The molecule has 0 spiro atoms. The van der Waals surface area contributed by atoms with E-state index in [1.165, 1.54) is 11.5 Å². The van der Waals surface area contributed by atoms with Gasteiger partial charge >= 0.3 is 0 Å². The van der Waals surface area contributed by atoms with Crippen LogP contribution in [0, 0.1) is 0 Å². The first kappa shape index (κ1) is 10.3. The zero-order valence-corrected chi connectivity index (χ0v) is 9.25. The van der Waals surface area contributed by atoms with Gasteiger partial charge < -0.3 is 5.43 Å². The van der Waals surface area contributed by atoms with E-state index >= 15 is 0 Å². The molecular formula is C7H8N6S2. The summed E-state index contributed by atoms with van der Waals surface area (Å²) >= 11 is 2.78. The average molecular weight is 240 g/mol. The Morgan fingerprint density at radius 2 is 2.40 bits per heavy atom. The summed E-state index contributed by atoms with van der Waals surface area (Å²) in [7, 11) is 0. The molecule has 2 rings (SSSR count). The lowest BCUT2D eigenvalue weighted by Crippen LogP contribution is -2.06. The van der Waals surface area contributed by atoms with Crippen molar-refractivity contribution in [1.29, 1.82) is 0 Å². The first-order valence-electron chi connectivity index (χ1n) is 4.07. The number of hydrazine groups is 1. The molecule has 15 heavy (non-hydrogen) atoms. The van der Waals surface area contributed by atoms with Gasteiger partial charge in [-0.15, -0.1) is 5.10 Å². The van der Waals surface area contributed by atoms with Crippen molar-refractivity contribution >= 4 is 28.3 Å². The van der Waals surface area contributed by atoms with Gasteiger partial charge in [0.05, 0.1) is 6.20 Å². The lowest BCUT2D eigenvalue weighted by Gasteiger charge is -1.99. The van der Waals surface area contributed by atoms with E-state index in [4.69, 9.17) is 5.84 Å². The maximum Gasteiger partial charge on any atom is 0.148 e. The molecular weight excluding hydrogens is 232 g/mol. The highest BCUT2D eigenvalue weighted by atomic mass is 32.2. The summed E-state index contributed by atoms with van der Waals surface area (Å²) in [6, 6.07) is 0. The lowest BCUT2D eigenvalue weighted by atomic mass is 10.5. The van der Waals surface area contributed by atoms with Gasteiger partial charge in [0.1, 0.15) is 15.7 Å². The number of rotatable bonds is 4. The van der Waals surface area contributed by atoms with Crippen LogP contribution in [0.3, 0.4) is 0 Å². The molecule has 0 unspecified atom stereocenters. The Labute approximate surface area is 94.5 Å². The number of nitrogens with two attached hydrogens (primary N) is 1. The fourth-order valence-corrected chi connectivity index (χ4v) is 2.26. The SMILES string of the molecule is NNc1snnc1CSc1cnccn1. The van der Waals surface area contributed by atoms with Gasteiger partial charge in [-0.05, 0) is 0 Å². The van der Waals surface area contributed by atoms with Gasteiger partial charge in [-0.3, -0.25) is 4.98 Å². The first-order chi connectivity index (χ1) is 7.40. The molecule has 0 amide bonds. The third-order valence-corrected chi connectivity index (χ3v) is 3.21. The highest BCUT2D eigenvalue weighted by Gasteiger charge is 2.07. The topological polar surface area (TPSA) is 89.6 Å². The standard InChI is InChI=1S/C7H8N6S2/c8-11-7-5(12-13-15-7)4-14-6-3-9-1-2-10-6/h1-3,11H,4,8H2. The molecule has 0 aliphatic heterocycles. The Balaban J connectivity index is 1.99. The van der Waals surface area contributed by atoms with Crippen LogP contribution < -0.4 is 11.3 Å². The monoisotopic (exact) mass is 240 g/mol. The van der Waals surface area contributed by atoms with Gasteiger partial charge in [0.15, 0.2) is 0 Å². The number of hydrogen-bond acceptors (Lipinski definition) is 8. The van der Waals surface area contributed by atoms with Crippen molar-refractivity contribution in [3.63, 3.8) is 0 Å². The Bertz CT molecular complexity index is 416. The first-order valence-corrected chi connectivity index (χ1v) is 5.82. The van der Waals surface area contributed by atoms with Gasteiger partial charge in [0, 0.05) is 29.7 Å². The van der Waals surface area contributed by atoms with E-state index in [0.717, 1.165) is 15.7 Å². The van der Waals surface area contributed by atoms with Crippen molar-refractivity contribution < 1.29 is 0 Å². The molecule has 2 aromatic rings. The number of anilines is 1. The maximum absolute atomic E-state index is 5.31. The minimum atomic E-state index is 0.675. The van der Waals surface area contributed by atoms with Crippen LogP contribution in [-0.4, -0.2) is 19.6 Å². The normalized spacial score (nSPS) is 10.2. The van der Waals surface area contributed by atoms with Gasteiger partial charge in [-0.1, -0.05) is 16.3 Å². The smallest absolute Gasteiger partial charge is 0.148 e. The number of nitrogen functional groups attached to an aromatic ring is 1. The van der Waals surface area contributed by atoms with Crippen LogP contribution >= 0.6 is 23.3 Å². The highest BCUT2D eigenvalue weighted by molar-refractivity contribution is 7.98. The molecule has 2 aromatic heterocycles. The van der Waals surface area contributed by atoms with Gasteiger partial charge in [-0.25, -0.2) is 10.8 Å². The van der Waals surface area contributed by atoms with Crippen molar-refractivity contribution in [3.05, 3.63) is 24.3 Å². The molecule has 0 aromatic carbocycles. The summed E-state index contributed by atoms with van der Waals surface area (Å²) in [5, 5.41) is 5.60. The molecule has 3 N–H and O–H groups in total. The Hall–Kier alpha value is -1.25. The van der Waals surface area contributed by atoms with Crippen LogP contribution in [-0.2, 0) is 5.75 Å². The third-order valence-electron chi connectivity index (χ3n) is 1.58. The summed E-state index contributed by atoms with van der Waals surface area (Å²) in [4.78, 5) is 8.11. The fourth-order valence-electron chi connectivity index (χ4n) is 0.915. The van der Waals surface area contributed by atoms with E-state index in [1.807, 2.05) is 0 Å². The number of nitrogens with one attached hydrogen (secondary N) is 1. The van der Waals surface area contributed by atoms with E-state index in [9.17, 15) is 0 Å². The number of thioether (sulfide) groups is 1. The maximum atomic E-state index is 5.31. The van der Waals surface area contributed by atoms with Crippen LogP contribution in [0.4, 0.5) is 5.00 Å². The molecule has 6 nitrogen and oxygen atoms in total. The molecule has 0 radical (unpaired) electrons. The quantitative estimate of drug-likeness (QED) is 0.466. The molecule has 0 fully saturated rings. The van der Waals surface area contributed by atoms with Crippen molar-refractivity contribution in [2.75, 3.05) is 5.43 Å². The molecule has 0 saturated carbocycles. The summed E-state index contributed by atoms with van der Waals surface area (Å²) in [5.74, 6) is 5.98. The van der Waals surface area contributed by atoms with Crippen LogP contribution in [0.5, 0.6) is 0 Å². The van der Waals surface area contributed by atoms with Crippen molar-refractivity contribution in [1.82, 2.24) is 19.6 Å². The second kappa shape index (κ2) is 5.01. The van der Waals surface area contributed by atoms with Crippen LogP contribution in [0.25, 0.3) is 0 Å². The molecule has 8 heteroatoms. The predicted molar refractivity (Wildman–Crippen MR) is 59.3 cm³/mol. The molecule has 0 saturated heterocycles. The third kappa shape index (κ3) is 2.61. The largest absolute Gasteiger partial charge is 0.313 e. The van der Waals surface area contributed by atoms with E-state index in [0.29, 0.717) is 5.75 Å². The summed E-state index contributed by atoms with van der Waals surface area (Å²) in [6.07, 6.45) is 5.01. The average Bonchev–Trinajstić information content (AvgIpc) is 2.75. The molecule has 78 valence electrons.